The molecule has 0 atom stereocenters. The fourth-order valence-electron chi connectivity index (χ4n) is 2.55. The molecule has 3 rings (SSSR count). The molecule has 0 aromatic rings. The van der Waals surface area contributed by atoms with Crippen LogP contribution in [0.4, 0.5) is 0 Å². The fraction of sp³-hybridized carbons (Fsp3) is 1.00. The molecule has 220 valence electrons. The average molecular weight is 501 g/mol. The number of hydrogen-bond acceptors (Lipinski definition) is 0. The molecule has 3 fully saturated rings. The van der Waals surface area contributed by atoms with Crippen LogP contribution >= 0.6 is 0 Å². The van der Waals surface area contributed by atoms with Crippen LogP contribution in [0, 0.1) is 11.8 Å². The Morgan fingerprint density at radius 1 is 0.371 bits per heavy atom. The Kier molecular flexibility index (Phi) is 65.2. The summed E-state index contributed by atoms with van der Waals surface area (Å²) in [4.78, 5) is 0. The molecule has 0 heteroatoms. The zero-order chi connectivity index (χ0) is 28.0. The Balaban J connectivity index is -0.0000000993. The summed E-state index contributed by atoms with van der Waals surface area (Å²) in [5.41, 5.74) is 0. The van der Waals surface area contributed by atoms with Gasteiger partial charge in [-0.15, -0.1) is 0 Å². The van der Waals surface area contributed by atoms with Crippen molar-refractivity contribution in [3.63, 3.8) is 0 Å². The van der Waals surface area contributed by atoms with Gasteiger partial charge >= 0.3 is 0 Å². The first-order valence-electron chi connectivity index (χ1n) is 16.8. The van der Waals surface area contributed by atoms with E-state index in [2.05, 4.69) is 69.2 Å². The Bertz CT molecular complexity index is 211. The summed E-state index contributed by atoms with van der Waals surface area (Å²) in [6.45, 7) is 25.9. The molecule has 0 aromatic carbocycles. The topological polar surface area (TPSA) is 0 Å². The molecule has 0 saturated heterocycles. The van der Waals surface area contributed by atoms with Crippen LogP contribution in [-0.2, 0) is 0 Å². The van der Waals surface area contributed by atoms with Gasteiger partial charge in [-0.2, -0.15) is 0 Å². The van der Waals surface area contributed by atoms with E-state index in [4.69, 9.17) is 0 Å². The monoisotopic (exact) mass is 501 g/mol. The van der Waals surface area contributed by atoms with Gasteiger partial charge in [-0.25, -0.2) is 0 Å². The maximum absolute atomic E-state index is 2.22. The largest absolute Gasteiger partial charge is 0.0683 e. The van der Waals surface area contributed by atoms with E-state index < -0.39 is 0 Å². The summed E-state index contributed by atoms with van der Waals surface area (Å²) in [7, 11) is 0. The Labute approximate surface area is 229 Å². The van der Waals surface area contributed by atoms with E-state index >= 15 is 0 Å². The van der Waals surface area contributed by atoms with Crippen LogP contribution in [-0.4, -0.2) is 0 Å². The van der Waals surface area contributed by atoms with E-state index in [1.165, 1.54) is 135 Å². The van der Waals surface area contributed by atoms with Gasteiger partial charge in [0.2, 0.25) is 0 Å². The summed E-state index contributed by atoms with van der Waals surface area (Å²) in [5, 5.41) is 0. The third kappa shape index (κ3) is 87.0. The van der Waals surface area contributed by atoms with Crippen LogP contribution in [0.15, 0.2) is 0 Å². The van der Waals surface area contributed by atoms with Crippen LogP contribution in [0.2, 0.25) is 0 Å². The second-order valence-corrected chi connectivity index (χ2v) is 11.2. The molecule has 0 N–H and O–H groups in total. The van der Waals surface area contributed by atoms with E-state index in [-0.39, 0.29) is 0 Å². The molecule has 3 aliphatic rings. The van der Waals surface area contributed by atoms with Gasteiger partial charge in [0, 0.05) is 0 Å². The van der Waals surface area contributed by atoms with Gasteiger partial charge in [-0.05, 0) is 11.8 Å². The van der Waals surface area contributed by atoms with Crippen molar-refractivity contribution in [3.05, 3.63) is 0 Å². The van der Waals surface area contributed by atoms with Gasteiger partial charge in [0.15, 0.2) is 0 Å². The fourth-order valence-corrected chi connectivity index (χ4v) is 2.55. The first-order valence-corrected chi connectivity index (χ1v) is 16.8. The normalized spacial score (nSPS) is 14.9. The highest BCUT2D eigenvalue weighted by molar-refractivity contribution is 4.52. The maximum atomic E-state index is 2.22. The van der Waals surface area contributed by atoms with E-state index in [9.17, 15) is 0 Å². The van der Waals surface area contributed by atoms with Crippen molar-refractivity contribution in [2.45, 2.75) is 218 Å². The van der Waals surface area contributed by atoms with Gasteiger partial charge in [-0.1, -0.05) is 218 Å². The minimum atomic E-state index is 0.833. The molecule has 0 amide bonds. The summed E-state index contributed by atoms with van der Waals surface area (Å²) in [5.74, 6) is 1.72. The van der Waals surface area contributed by atoms with Crippen LogP contribution < -0.4 is 0 Å². The van der Waals surface area contributed by atoms with Crippen molar-refractivity contribution in [3.8, 4) is 0 Å². The molecule has 0 heterocycles. The summed E-state index contributed by atoms with van der Waals surface area (Å²) < 4.78 is 0. The molecule has 0 unspecified atom stereocenters. The quantitative estimate of drug-likeness (QED) is 0.360. The van der Waals surface area contributed by atoms with Crippen molar-refractivity contribution < 1.29 is 0 Å². The lowest BCUT2D eigenvalue weighted by Gasteiger charge is -2.05. The molecule has 0 nitrogen and oxygen atoms in total. The lowest BCUT2D eigenvalue weighted by molar-refractivity contribution is 0.504. The molecule has 0 spiro atoms. The molecule has 35 heavy (non-hydrogen) atoms. The zero-order valence-electron chi connectivity index (χ0n) is 28.0. The van der Waals surface area contributed by atoms with E-state index in [0.717, 1.165) is 11.8 Å². The van der Waals surface area contributed by atoms with Crippen LogP contribution in [0.1, 0.15) is 218 Å². The van der Waals surface area contributed by atoms with Gasteiger partial charge in [-0.3, -0.25) is 0 Å². The summed E-state index contributed by atoms with van der Waals surface area (Å²) >= 11 is 0. The smallest absolute Gasteiger partial charge is 0.0474 e. The lowest BCUT2D eigenvalue weighted by Crippen LogP contribution is -1.85. The van der Waals surface area contributed by atoms with Gasteiger partial charge < -0.3 is 0 Å². The number of rotatable bonds is 4. The standard InChI is InChI=1S/C6H12.C5H10.2C5H12.C4H8.2C4H10.C2H6/c1-2-4-6-5-3-1;1-2-4-5-3-1;1-4-5(2)3;1-3-5-4-2;1-2-4-3-1;1-4(2)3;1-3-4-2;1-2/h1-6H2;1-5H2;5H,4H2,1-3H3;3-5H2,1-2H3;1-4H2;4H,1-3H3;3-4H2,1-2H3;1-2H3. The zero-order valence-corrected chi connectivity index (χ0v) is 28.0. The van der Waals surface area contributed by atoms with Crippen LogP contribution in [0.5, 0.6) is 0 Å². The van der Waals surface area contributed by atoms with Crippen molar-refractivity contribution >= 4 is 0 Å². The van der Waals surface area contributed by atoms with Crippen LogP contribution in [0.3, 0.4) is 0 Å². The van der Waals surface area contributed by atoms with Crippen molar-refractivity contribution in [2.75, 3.05) is 0 Å². The minimum absolute atomic E-state index is 0.833. The number of unbranched alkanes of at least 4 members (excludes halogenated alkanes) is 3. The Morgan fingerprint density at radius 2 is 0.514 bits per heavy atom. The van der Waals surface area contributed by atoms with Gasteiger partial charge in [0.25, 0.3) is 0 Å². The Morgan fingerprint density at radius 3 is 0.543 bits per heavy atom. The molecule has 3 aliphatic carbocycles. The molecule has 0 aromatic heterocycles. The van der Waals surface area contributed by atoms with E-state index in [1.807, 2.05) is 13.8 Å². The van der Waals surface area contributed by atoms with E-state index in [0.29, 0.717) is 0 Å². The molecular weight excluding hydrogens is 420 g/mol. The number of hydrogen-bond donors (Lipinski definition) is 0. The summed E-state index contributed by atoms with van der Waals surface area (Å²) in [6.07, 6.45) is 30.5. The summed E-state index contributed by atoms with van der Waals surface area (Å²) in [6, 6.07) is 0. The predicted octanol–water partition coefficient (Wildman–Crippen LogP) is 14.6. The SMILES string of the molecule is C1CCC1.C1CCCC1.C1CCCCC1.CC.CC(C)C.CCC(C)C.CCCC.CCCCC. The molecular formula is C35H80. The predicted molar refractivity (Wildman–Crippen MR) is 172 cm³/mol. The highest BCUT2D eigenvalue weighted by atomic mass is 14.0. The first-order chi connectivity index (χ1) is 16.8. The van der Waals surface area contributed by atoms with Crippen molar-refractivity contribution in [1.29, 1.82) is 0 Å². The second kappa shape index (κ2) is 50.8. The lowest BCUT2D eigenvalue weighted by atomic mass is 10.0. The second-order valence-electron chi connectivity index (χ2n) is 11.2. The molecule has 0 radical (unpaired) electrons. The molecule has 3 saturated carbocycles. The van der Waals surface area contributed by atoms with Gasteiger partial charge in [0.1, 0.15) is 0 Å². The molecule has 0 aliphatic heterocycles. The molecule has 0 bridgehead atoms. The Hall–Kier alpha value is 0. The van der Waals surface area contributed by atoms with E-state index in [1.54, 1.807) is 0 Å². The third-order valence-corrected chi connectivity index (χ3v) is 5.77. The minimum Gasteiger partial charge on any atom is -0.0683 e. The van der Waals surface area contributed by atoms with Crippen LogP contribution in [0.25, 0.3) is 0 Å². The van der Waals surface area contributed by atoms with Gasteiger partial charge in [0.05, 0.1) is 0 Å². The van der Waals surface area contributed by atoms with Crippen molar-refractivity contribution in [2.24, 2.45) is 11.8 Å². The maximum Gasteiger partial charge on any atom is -0.0474 e. The first kappa shape index (κ1) is 45.0. The average Bonchev–Trinajstić information content (AvgIpc) is 3.42. The highest BCUT2D eigenvalue weighted by Gasteiger charge is 1.96. The third-order valence-electron chi connectivity index (χ3n) is 5.77. The van der Waals surface area contributed by atoms with Crippen molar-refractivity contribution in [1.82, 2.24) is 0 Å². The highest BCUT2D eigenvalue weighted by Crippen LogP contribution is 2.16.